The zero-order valence-electron chi connectivity index (χ0n) is 10.8. The van der Waals surface area contributed by atoms with E-state index >= 15 is 0 Å². The average molecular weight is 221 g/mol. The molecule has 16 heavy (non-hydrogen) atoms. The van der Waals surface area contributed by atoms with Gasteiger partial charge in [-0.25, -0.2) is 0 Å². The van der Waals surface area contributed by atoms with Crippen LogP contribution >= 0.6 is 0 Å². The highest BCUT2D eigenvalue weighted by molar-refractivity contribution is 5.27. The molecule has 0 aliphatic carbocycles. The number of benzene rings is 1. The largest absolute Gasteiger partial charge is 0.508 e. The van der Waals surface area contributed by atoms with Gasteiger partial charge >= 0.3 is 0 Å². The van der Waals surface area contributed by atoms with E-state index in [1.54, 1.807) is 6.07 Å². The Balaban J connectivity index is 2.76. The second kappa shape index (κ2) is 5.35. The first-order valence-corrected chi connectivity index (χ1v) is 5.88. The van der Waals surface area contributed by atoms with E-state index in [1.807, 2.05) is 12.1 Å². The van der Waals surface area contributed by atoms with Gasteiger partial charge < -0.3 is 10.0 Å². The van der Waals surface area contributed by atoms with E-state index in [0.29, 0.717) is 5.75 Å². The van der Waals surface area contributed by atoms with E-state index in [0.717, 1.165) is 19.4 Å². The first-order chi connectivity index (χ1) is 7.45. The SMILES string of the molecule is CC[C@](C)(Cc1cccc(O)c1)CN(C)C. The fourth-order valence-electron chi connectivity index (χ4n) is 2.22. The van der Waals surface area contributed by atoms with Gasteiger partial charge in [0.15, 0.2) is 0 Å². The Labute approximate surface area is 98.9 Å². The maximum atomic E-state index is 9.45. The van der Waals surface area contributed by atoms with Crippen molar-refractivity contribution in [1.29, 1.82) is 0 Å². The van der Waals surface area contributed by atoms with E-state index in [4.69, 9.17) is 0 Å². The lowest BCUT2D eigenvalue weighted by atomic mass is 9.81. The lowest BCUT2D eigenvalue weighted by Crippen LogP contribution is -2.32. The van der Waals surface area contributed by atoms with Crippen LogP contribution in [0.5, 0.6) is 5.75 Å². The molecule has 1 aromatic rings. The van der Waals surface area contributed by atoms with Crippen molar-refractivity contribution in [1.82, 2.24) is 4.90 Å². The third-order valence-electron chi connectivity index (χ3n) is 3.09. The van der Waals surface area contributed by atoms with Crippen molar-refractivity contribution in [2.75, 3.05) is 20.6 Å². The molecule has 2 heteroatoms. The summed E-state index contributed by atoms with van der Waals surface area (Å²) in [6, 6.07) is 7.59. The molecule has 0 aliphatic rings. The zero-order valence-corrected chi connectivity index (χ0v) is 10.8. The molecule has 0 aromatic heterocycles. The number of phenols is 1. The molecule has 0 saturated heterocycles. The highest BCUT2D eigenvalue weighted by Crippen LogP contribution is 2.28. The van der Waals surface area contributed by atoms with Crippen LogP contribution in [0.25, 0.3) is 0 Å². The van der Waals surface area contributed by atoms with Gasteiger partial charge in [-0.15, -0.1) is 0 Å². The van der Waals surface area contributed by atoms with Gasteiger partial charge in [-0.05, 0) is 50.0 Å². The van der Waals surface area contributed by atoms with Crippen molar-refractivity contribution in [2.24, 2.45) is 5.41 Å². The molecule has 1 N–H and O–H groups in total. The van der Waals surface area contributed by atoms with Crippen LogP contribution < -0.4 is 0 Å². The molecule has 0 saturated carbocycles. The fourth-order valence-corrected chi connectivity index (χ4v) is 2.22. The Morgan fingerprint density at radius 3 is 2.50 bits per heavy atom. The Kier molecular flexibility index (Phi) is 4.36. The molecule has 0 spiro atoms. The molecule has 0 aliphatic heterocycles. The monoisotopic (exact) mass is 221 g/mol. The topological polar surface area (TPSA) is 23.5 Å². The number of rotatable bonds is 5. The summed E-state index contributed by atoms with van der Waals surface area (Å²) in [6.07, 6.45) is 2.15. The number of hydrogen-bond donors (Lipinski definition) is 1. The molecule has 1 aromatic carbocycles. The first kappa shape index (κ1) is 13.0. The molecule has 0 fully saturated rings. The van der Waals surface area contributed by atoms with Crippen molar-refractivity contribution >= 4 is 0 Å². The maximum absolute atomic E-state index is 9.45. The predicted molar refractivity (Wildman–Crippen MR) is 68.8 cm³/mol. The van der Waals surface area contributed by atoms with Crippen molar-refractivity contribution < 1.29 is 5.11 Å². The molecule has 0 unspecified atom stereocenters. The summed E-state index contributed by atoms with van der Waals surface area (Å²) < 4.78 is 0. The predicted octanol–water partition coefficient (Wildman–Crippen LogP) is 2.91. The van der Waals surface area contributed by atoms with Gasteiger partial charge in [-0.1, -0.05) is 26.0 Å². The quantitative estimate of drug-likeness (QED) is 0.826. The van der Waals surface area contributed by atoms with E-state index in [-0.39, 0.29) is 5.41 Å². The average Bonchev–Trinajstić information content (AvgIpc) is 2.16. The van der Waals surface area contributed by atoms with Crippen LogP contribution in [0.2, 0.25) is 0 Å². The molecule has 90 valence electrons. The molecule has 0 amide bonds. The molecule has 1 atom stereocenters. The lowest BCUT2D eigenvalue weighted by Gasteiger charge is -2.31. The number of nitrogens with zero attached hydrogens (tertiary/aromatic N) is 1. The molecule has 0 radical (unpaired) electrons. The third kappa shape index (κ3) is 3.86. The minimum absolute atomic E-state index is 0.275. The summed E-state index contributed by atoms with van der Waals surface area (Å²) in [5, 5.41) is 9.45. The highest BCUT2D eigenvalue weighted by atomic mass is 16.3. The number of phenolic OH excluding ortho intramolecular Hbond substituents is 1. The van der Waals surface area contributed by atoms with E-state index in [2.05, 4.69) is 38.9 Å². The number of hydrogen-bond acceptors (Lipinski definition) is 2. The Hall–Kier alpha value is -1.02. The maximum Gasteiger partial charge on any atom is 0.115 e. The fraction of sp³-hybridized carbons (Fsp3) is 0.571. The summed E-state index contributed by atoms with van der Waals surface area (Å²) in [5.41, 5.74) is 1.49. The molecule has 0 heterocycles. The molecular formula is C14H23NO. The minimum Gasteiger partial charge on any atom is -0.508 e. The molecule has 0 bridgehead atoms. The van der Waals surface area contributed by atoms with Gasteiger partial charge in [0, 0.05) is 6.54 Å². The summed E-state index contributed by atoms with van der Waals surface area (Å²) in [7, 11) is 4.22. The molecule has 2 nitrogen and oxygen atoms in total. The van der Waals surface area contributed by atoms with E-state index in [9.17, 15) is 5.11 Å². The van der Waals surface area contributed by atoms with Crippen molar-refractivity contribution in [2.45, 2.75) is 26.7 Å². The summed E-state index contributed by atoms with van der Waals surface area (Å²) in [5.74, 6) is 0.362. The van der Waals surface area contributed by atoms with Crippen molar-refractivity contribution in [3.63, 3.8) is 0 Å². The Bertz CT molecular complexity index is 335. The molecular weight excluding hydrogens is 198 g/mol. The van der Waals surface area contributed by atoms with Gasteiger partial charge in [0.05, 0.1) is 0 Å². The second-order valence-electron chi connectivity index (χ2n) is 5.25. The van der Waals surface area contributed by atoms with E-state index in [1.165, 1.54) is 5.56 Å². The summed E-state index contributed by atoms with van der Waals surface area (Å²) in [6.45, 7) is 5.60. The second-order valence-corrected chi connectivity index (χ2v) is 5.25. The van der Waals surface area contributed by atoms with Gasteiger partial charge in [0.2, 0.25) is 0 Å². The normalized spacial score (nSPS) is 15.1. The van der Waals surface area contributed by atoms with Crippen molar-refractivity contribution in [3.05, 3.63) is 29.8 Å². The smallest absolute Gasteiger partial charge is 0.115 e. The Morgan fingerprint density at radius 1 is 1.31 bits per heavy atom. The Morgan fingerprint density at radius 2 is 2.00 bits per heavy atom. The van der Waals surface area contributed by atoms with Crippen LogP contribution in [0, 0.1) is 5.41 Å². The van der Waals surface area contributed by atoms with Gasteiger partial charge in [0.1, 0.15) is 5.75 Å². The van der Waals surface area contributed by atoms with Crippen molar-refractivity contribution in [3.8, 4) is 5.75 Å². The standard InChI is InChI=1S/C14H23NO/c1-5-14(2,11-15(3)4)10-12-7-6-8-13(16)9-12/h6-9,16H,5,10-11H2,1-4H3/t14-/m1/s1. The van der Waals surface area contributed by atoms with Crippen LogP contribution in [0.15, 0.2) is 24.3 Å². The lowest BCUT2D eigenvalue weighted by molar-refractivity contribution is 0.209. The third-order valence-corrected chi connectivity index (χ3v) is 3.09. The first-order valence-electron chi connectivity index (χ1n) is 5.88. The van der Waals surface area contributed by atoms with Gasteiger partial charge in [-0.2, -0.15) is 0 Å². The van der Waals surface area contributed by atoms with Crippen LogP contribution in [0.3, 0.4) is 0 Å². The van der Waals surface area contributed by atoms with Crippen LogP contribution in [0.4, 0.5) is 0 Å². The van der Waals surface area contributed by atoms with Crippen LogP contribution in [-0.2, 0) is 6.42 Å². The summed E-state index contributed by atoms with van der Waals surface area (Å²) >= 11 is 0. The minimum atomic E-state index is 0.275. The van der Waals surface area contributed by atoms with Crippen LogP contribution in [-0.4, -0.2) is 30.6 Å². The van der Waals surface area contributed by atoms with Gasteiger partial charge in [-0.3, -0.25) is 0 Å². The highest BCUT2D eigenvalue weighted by Gasteiger charge is 2.23. The van der Waals surface area contributed by atoms with Gasteiger partial charge in [0.25, 0.3) is 0 Å². The summed E-state index contributed by atoms with van der Waals surface area (Å²) in [4.78, 5) is 2.23. The molecule has 1 rings (SSSR count). The number of aromatic hydroxyl groups is 1. The van der Waals surface area contributed by atoms with E-state index < -0.39 is 0 Å². The van der Waals surface area contributed by atoms with Crippen LogP contribution in [0.1, 0.15) is 25.8 Å². The zero-order chi connectivity index (χ0) is 12.2.